The second-order valence-corrected chi connectivity index (χ2v) is 5.21. The van der Waals surface area contributed by atoms with Gasteiger partial charge in [-0.2, -0.15) is 0 Å². The van der Waals surface area contributed by atoms with Crippen LogP contribution in [0.2, 0.25) is 0 Å². The van der Waals surface area contributed by atoms with Gasteiger partial charge in [0.2, 0.25) is 0 Å². The first-order valence-electron chi connectivity index (χ1n) is 7.23. The summed E-state index contributed by atoms with van der Waals surface area (Å²) in [5.41, 5.74) is 2.50. The molecule has 0 saturated carbocycles. The molecule has 0 amide bonds. The SMILES string of the molecule is Fc1ccc(-c2cn3ccnc(N4CCOCC4)c3n2)cc1. The predicted molar refractivity (Wildman–Crippen MR) is 81.4 cm³/mol. The molecule has 3 aromatic rings. The molecule has 1 fully saturated rings. The Morgan fingerprint density at radius 1 is 1.09 bits per heavy atom. The molecule has 1 aliphatic rings. The summed E-state index contributed by atoms with van der Waals surface area (Å²) in [4.78, 5) is 11.3. The van der Waals surface area contributed by atoms with Crippen LogP contribution in [0.15, 0.2) is 42.9 Å². The van der Waals surface area contributed by atoms with Crippen LogP contribution in [-0.4, -0.2) is 40.7 Å². The minimum Gasteiger partial charge on any atom is -0.378 e. The van der Waals surface area contributed by atoms with E-state index in [1.165, 1.54) is 12.1 Å². The second kappa shape index (κ2) is 5.38. The van der Waals surface area contributed by atoms with Crippen molar-refractivity contribution in [1.82, 2.24) is 14.4 Å². The molecular formula is C16H15FN4O. The van der Waals surface area contributed by atoms with Crippen molar-refractivity contribution in [3.63, 3.8) is 0 Å². The highest BCUT2D eigenvalue weighted by molar-refractivity contribution is 5.70. The first-order chi connectivity index (χ1) is 10.8. The summed E-state index contributed by atoms with van der Waals surface area (Å²) in [6.07, 6.45) is 5.58. The number of aromatic nitrogens is 3. The molecule has 4 rings (SSSR count). The lowest BCUT2D eigenvalue weighted by atomic mass is 10.2. The third-order valence-electron chi connectivity index (χ3n) is 3.81. The van der Waals surface area contributed by atoms with Crippen LogP contribution in [0.1, 0.15) is 0 Å². The van der Waals surface area contributed by atoms with Crippen LogP contribution in [0.4, 0.5) is 10.2 Å². The zero-order chi connectivity index (χ0) is 14.9. The highest BCUT2D eigenvalue weighted by Gasteiger charge is 2.17. The molecule has 0 unspecified atom stereocenters. The Labute approximate surface area is 127 Å². The van der Waals surface area contributed by atoms with Crippen molar-refractivity contribution in [2.24, 2.45) is 0 Å². The summed E-state index contributed by atoms with van der Waals surface area (Å²) in [5, 5.41) is 0. The van der Waals surface area contributed by atoms with Crippen molar-refractivity contribution in [2.75, 3.05) is 31.2 Å². The van der Waals surface area contributed by atoms with E-state index in [4.69, 9.17) is 4.74 Å². The van der Waals surface area contributed by atoms with E-state index in [9.17, 15) is 4.39 Å². The summed E-state index contributed by atoms with van der Waals surface area (Å²) in [6, 6.07) is 6.36. The van der Waals surface area contributed by atoms with E-state index in [-0.39, 0.29) is 5.82 Å². The van der Waals surface area contributed by atoms with Crippen LogP contribution in [0.5, 0.6) is 0 Å². The topological polar surface area (TPSA) is 42.7 Å². The standard InChI is InChI=1S/C16H15FN4O/c17-13-3-1-12(2-4-13)14-11-21-6-5-18-15(16(21)19-14)20-7-9-22-10-8-20/h1-6,11H,7-10H2. The molecule has 6 heteroatoms. The maximum absolute atomic E-state index is 13.1. The van der Waals surface area contributed by atoms with Crippen LogP contribution in [0.3, 0.4) is 0 Å². The van der Waals surface area contributed by atoms with Crippen LogP contribution < -0.4 is 4.90 Å². The third-order valence-corrected chi connectivity index (χ3v) is 3.81. The zero-order valence-corrected chi connectivity index (χ0v) is 11.9. The van der Waals surface area contributed by atoms with Crippen LogP contribution >= 0.6 is 0 Å². The molecule has 5 nitrogen and oxygen atoms in total. The number of halogens is 1. The van der Waals surface area contributed by atoms with Gasteiger partial charge in [-0.05, 0) is 24.3 Å². The number of anilines is 1. The number of morpholine rings is 1. The number of ether oxygens (including phenoxy) is 1. The molecule has 0 radical (unpaired) electrons. The highest BCUT2D eigenvalue weighted by Crippen LogP contribution is 2.24. The summed E-state index contributed by atoms with van der Waals surface area (Å²) in [6.45, 7) is 3.03. The molecule has 3 heterocycles. The zero-order valence-electron chi connectivity index (χ0n) is 11.9. The lowest BCUT2D eigenvalue weighted by Gasteiger charge is -2.27. The Morgan fingerprint density at radius 2 is 1.86 bits per heavy atom. The lowest BCUT2D eigenvalue weighted by Crippen LogP contribution is -2.37. The first-order valence-corrected chi connectivity index (χ1v) is 7.23. The summed E-state index contributed by atoms with van der Waals surface area (Å²) >= 11 is 0. The summed E-state index contributed by atoms with van der Waals surface area (Å²) in [5.74, 6) is 0.613. The fraction of sp³-hybridized carbons (Fsp3) is 0.250. The Hall–Kier alpha value is -2.47. The summed E-state index contributed by atoms with van der Waals surface area (Å²) < 4.78 is 20.4. The number of rotatable bonds is 2. The van der Waals surface area contributed by atoms with E-state index in [1.54, 1.807) is 18.3 Å². The molecule has 112 valence electrons. The average Bonchev–Trinajstić information content (AvgIpc) is 3.00. The molecule has 2 aromatic heterocycles. The van der Waals surface area contributed by atoms with Crippen molar-refractivity contribution >= 4 is 11.5 Å². The van der Waals surface area contributed by atoms with E-state index < -0.39 is 0 Å². The van der Waals surface area contributed by atoms with Crippen LogP contribution in [0.25, 0.3) is 16.9 Å². The third kappa shape index (κ3) is 2.31. The Balaban J connectivity index is 1.78. The molecule has 0 atom stereocenters. The minimum absolute atomic E-state index is 0.247. The molecule has 1 saturated heterocycles. The van der Waals surface area contributed by atoms with E-state index >= 15 is 0 Å². The van der Waals surface area contributed by atoms with Crippen molar-refractivity contribution in [2.45, 2.75) is 0 Å². The number of imidazole rings is 1. The van der Waals surface area contributed by atoms with Gasteiger partial charge in [0.15, 0.2) is 11.5 Å². The van der Waals surface area contributed by atoms with Gasteiger partial charge in [-0.1, -0.05) is 0 Å². The number of nitrogens with zero attached hydrogens (tertiary/aromatic N) is 4. The Kier molecular flexibility index (Phi) is 3.23. The molecule has 1 aliphatic heterocycles. The smallest absolute Gasteiger partial charge is 0.180 e. The average molecular weight is 298 g/mol. The van der Waals surface area contributed by atoms with Gasteiger partial charge in [0.05, 0.1) is 18.9 Å². The first kappa shape index (κ1) is 13.2. The van der Waals surface area contributed by atoms with Gasteiger partial charge >= 0.3 is 0 Å². The monoisotopic (exact) mass is 298 g/mol. The fourth-order valence-corrected chi connectivity index (χ4v) is 2.66. The molecule has 0 spiro atoms. The maximum Gasteiger partial charge on any atom is 0.180 e. The molecular weight excluding hydrogens is 283 g/mol. The molecule has 0 aliphatic carbocycles. The van der Waals surface area contributed by atoms with Crippen molar-refractivity contribution < 1.29 is 9.13 Å². The fourth-order valence-electron chi connectivity index (χ4n) is 2.66. The molecule has 22 heavy (non-hydrogen) atoms. The van der Waals surface area contributed by atoms with Gasteiger partial charge in [0.1, 0.15) is 5.82 Å². The van der Waals surface area contributed by atoms with E-state index in [1.807, 2.05) is 16.8 Å². The van der Waals surface area contributed by atoms with Crippen molar-refractivity contribution in [3.05, 3.63) is 48.7 Å². The number of benzene rings is 1. The van der Waals surface area contributed by atoms with Crippen LogP contribution in [0, 0.1) is 5.82 Å². The van der Waals surface area contributed by atoms with Crippen molar-refractivity contribution in [3.8, 4) is 11.3 Å². The number of fused-ring (bicyclic) bond motifs is 1. The molecule has 1 aromatic carbocycles. The molecule has 0 N–H and O–H groups in total. The lowest BCUT2D eigenvalue weighted by molar-refractivity contribution is 0.122. The van der Waals surface area contributed by atoms with E-state index in [2.05, 4.69) is 14.9 Å². The molecule has 0 bridgehead atoms. The van der Waals surface area contributed by atoms with Gasteiger partial charge in [-0.15, -0.1) is 0 Å². The van der Waals surface area contributed by atoms with Gasteiger partial charge in [-0.25, -0.2) is 14.4 Å². The second-order valence-electron chi connectivity index (χ2n) is 5.21. The van der Waals surface area contributed by atoms with E-state index in [0.717, 1.165) is 35.8 Å². The normalized spacial score (nSPS) is 15.4. The largest absolute Gasteiger partial charge is 0.378 e. The number of hydrogen-bond acceptors (Lipinski definition) is 4. The number of hydrogen-bond donors (Lipinski definition) is 0. The van der Waals surface area contributed by atoms with Crippen LogP contribution in [-0.2, 0) is 4.74 Å². The van der Waals surface area contributed by atoms with Gasteiger partial charge in [-0.3, -0.25) is 0 Å². The quantitative estimate of drug-likeness (QED) is 0.728. The Bertz CT molecular complexity index is 794. The van der Waals surface area contributed by atoms with Gasteiger partial charge < -0.3 is 14.0 Å². The van der Waals surface area contributed by atoms with Gasteiger partial charge in [0, 0.05) is 37.2 Å². The predicted octanol–water partition coefficient (Wildman–Crippen LogP) is 2.37. The summed E-state index contributed by atoms with van der Waals surface area (Å²) in [7, 11) is 0. The van der Waals surface area contributed by atoms with E-state index in [0.29, 0.717) is 13.2 Å². The highest BCUT2D eigenvalue weighted by atomic mass is 19.1. The minimum atomic E-state index is -0.247. The maximum atomic E-state index is 13.1. The van der Waals surface area contributed by atoms with Crippen molar-refractivity contribution in [1.29, 1.82) is 0 Å². The Morgan fingerprint density at radius 3 is 2.64 bits per heavy atom. The van der Waals surface area contributed by atoms with Gasteiger partial charge in [0.25, 0.3) is 0 Å².